The molecule has 1 aliphatic heterocycles. The summed E-state index contributed by atoms with van der Waals surface area (Å²) in [7, 11) is 3.49. The molecule has 1 aliphatic rings. The van der Waals surface area contributed by atoms with E-state index in [0.29, 0.717) is 17.2 Å². The summed E-state index contributed by atoms with van der Waals surface area (Å²) in [6.07, 6.45) is 1.71. The molecule has 0 spiro atoms. The van der Waals surface area contributed by atoms with Crippen LogP contribution in [0, 0.1) is 0 Å². The van der Waals surface area contributed by atoms with Crippen LogP contribution < -0.4 is 10.1 Å². The third kappa shape index (κ3) is 4.86. The van der Waals surface area contributed by atoms with Crippen LogP contribution in [-0.2, 0) is 9.59 Å². The number of ether oxygens (including phenoxy) is 1. The fourth-order valence-corrected chi connectivity index (χ4v) is 3.24. The molecule has 6 heteroatoms. The Labute approximate surface area is 159 Å². The molecule has 1 atom stereocenters. The smallest absolute Gasteiger partial charge is 0.239 e. The Bertz CT molecular complexity index is 792. The Morgan fingerprint density at radius 2 is 1.81 bits per heavy atom. The van der Waals surface area contributed by atoms with E-state index < -0.39 is 0 Å². The molecule has 0 radical (unpaired) electrons. The molecule has 0 aliphatic carbocycles. The molecule has 0 bridgehead atoms. The summed E-state index contributed by atoms with van der Waals surface area (Å²) in [6, 6.07) is 16.5. The zero-order valence-corrected chi connectivity index (χ0v) is 15.7. The maximum absolute atomic E-state index is 12.6. The van der Waals surface area contributed by atoms with Gasteiger partial charge in [0.2, 0.25) is 11.8 Å². The average Bonchev–Trinajstić information content (AvgIpc) is 3.11. The number of hydrogen-bond donors (Lipinski definition) is 1. The van der Waals surface area contributed by atoms with Gasteiger partial charge in [-0.25, -0.2) is 0 Å². The van der Waals surface area contributed by atoms with E-state index in [1.54, 1.807) is 19.0 Å². The lowest BCUT2D eigenvalue weighted by molar-refractivity contribution is -0.133. The number of anilines is 1. The number of nitrogens with zero attached hydrogens (tertiary/aromatic N) is 2. The first-order valence-corrected chi connectivity index (χ1v) is 9.11. The van der Waals surface area contributed by atoms with E-state index in [1.807, 2.05) is 59.5 Å². The van der Waals surface area contributed by atoms with Crippen molar-refractivity contribution in [1.29, 1.82) is 0 Å². The molecule has 3 rings (SSSR count). The highest BCUT2D eigenvalue weighted by Crippen LogP contribution is 2.29. The Balaban J connectivity index is 1.65. The van der Waals surface area contributed by atoms with E-state index in [9.17, 15) is 9.59 Å². The van der Waals surface area contributed by atoms with Gasteiger partial charge in [0.1, 0.15) is 5.75 Å². The number of hydrogen-bond acceptors (Lipinski definition) is 4. The van der Waals surface area contributed by atoms with Gasteiger partial charge in [0.25, 0.3) is 0 Å². The van der Waals surface area contributed by atoms with E-state index in [2.05, 4.69) is 5.32 Å². The first-order valence-electron chi connectivity index (χ1n) is 9.11. The van der Waals surface area contributed by atoms with Crippen LogP contribution in [0.25, 0.3) is 0 Å². The Morgan fingerprint density at radius 1 is 1.11 bits per heavy atom. The molecule has 1 heterocycles. The average molecular weight is 367 g/mol. The normalized spacial score (nSPS) is 16.7. The minimum absolute atomic E-state index is 0.0492. The highest BCUT2D eigenvalue weighted by molar-refractivity contribution is 5.94. The van der Waals surface area contributed by atoms with Crippen LogP contribution in [0.1, 0.15) is 12.8 Å². The topological polar surface area (TPSA) is 61.9 Å². The van der Waals surface area contributed by atoms with Crippen molar-refractivity contribution in [2.45, 2.75) is 18.9 Å². The zero-order chi connectivity index (χ0) is 19.2. The van der Waals surface area contributed by atoms with Crippen molar-refractivity contribution in [3.63, 3.8) is 0 Å². The van der Waals surface area contributed by atoms with Gasteiger partial charge in [0.15, 0.2) is 5.75 Å². The molecule has 6 nitrogen and oxygen atoms in total. The number of carbonyl (C=O) groups excluding carboxylic acids is 2. The first kappa shape index (κ1) is 18.9. The third-order valence-corrected chi connectivity index (χ3v) is 4.57. The Morgan fingerprint density at radius 3 is 2.56 bits per heavy atom. The first-order chi connectivity index (χ1) is 13.0. The Kier molecular flexibility index (Phi) is 6.08. The highest BCUT2D eigenvalue weighted by Gasteiger charge is 2.32. The van der Waals surface area contributed by atoms with Gasteiger partial charge in [-0.15, -0.1) is 0 Å². The van der Waals surface area contributed by atoms with Crippen LogP contribution in [-0.4, -0.2) is 54.8 Å². The van der Waals surface area contributed by atoms with Gasteiger partial charge in [-0.05, 0) is 43.7 Å². The fraction of sp³-hybridized carbons (Fsp3) is 0.333. The van der Waals surface area contributed by atoms with Crippen molar-refractivity contribution in [2.24, 2.45) is 0 Å². The minimum Gasteiger partial charge on any atom is -0.455 e. The number of nitrogens with one attached hydrogen (secondary N) is 1. The van der Waals surface area contributed by atoms with Crippen molar-refractivity contribution in [3.05, 3.63) is 54.6 Å². The van der Waals surface area contributed by atoms with Gasteiger partial charge in [-0.2, -0.15) is 0 Å². The lowest BCUT2D eigenvalue weighted by atomic mass is 10.2. The van der Waals surface area contributed by atoms with E-state index in [-0.39, 0.29) is 24.4 Å². The quantitative estimate of drug-likeness (QED) is 0.853. The molecule has 2 amide bonds. The number of likely N-dealkylation sites (N-methyl/N-ethyl adjacent to an activating group) is 1. The molecule has 2 aromatic rings. The van der Waals surface area contributed by atoms with E-state index in [1.165, 1.54) is 0 Å². The molecule has 1 N–H and O–H groups in total. The Hall–Kier alpha value is -2.86. The van der Waals surface area contributed by atoms with Crippen LogP contribution in [0.3, 0.4) is 0 Å². The third-order valence-electron chi connectivity index (χ3n) is 4.57. The van der Waals surface area contributed by atoms with Gasteiger partial charge in [-0.1, -0.05) is 30.3 Å². The second kappa shape index (κ2) is 8.68. The monoisotopic (exact) mass is 367 g/mol. The SMILES string of the molecule is CN(C)C(=O)[C@@H]1CCCN1CC(=O)Nc1ccccc1Oc1ccccc1. The number of benzene rings is 2. The highest BCUT2D eigenvalue weighted by atomic mass is 16.5. The van der Waals surface area contributed by atoms with Gasteiger partial charge in [0.05, 0.1) is 18.3 Å². The van der Waals surface area contributed by atoms with Crippen molar-refractivity contribution >= 4 is 17.5 Å². The second-order valence-electron chi connectivity index (χ2n) is 6.82. The van der Waals surface area contributed by atoms with E-state index in [4.69, 9.17) is 4.74 Å². The molecular weight excluding hydrogens is 342 g/mol. The van der Waals surface area contributed by atoms with Gasteiger partial charge < -0.3 is 15.0 Å². The predicted octanol–water partition coefficient (Wildman–Crippen LogP) is 2.97. The standard InChI is InChI=1S/C21H25N3O3/c1-23(2)21(26)18-12-8-14-24(18)15-20(25)22-17-11-6-7-13-19(17)27-16-9-4-3-5-10-16/h3-7,9-11,13,18H,8,12,14-15H2,1-2H3,(H,22,25)/t18-/m0/s1. The molecule has 27 heavy (non-hydrogen) atoms. The number of para-hydroxylation sites is 3. The molecule has 0 aromatic heterocycles. The fourth-order valence-electron chi connectivity index (χ4n) is 3.24. The van der Waals surface area contributed by atoms with Crippen LogP contribution in [0.15, 0.2) is 54.6 Å². The maximum Gasteiger partial charge on any atom is 0.239 e. The summed E-state index contributed by atoms with van der Waals surface area (Å²) in [5.74, 6) is 1.18. The number of likely N-dealkylation sites (tertiary alicyclic amines) is 1. The molecule has 142 valence electrons. The predicted molar refractivity (Wildman–Crippen MR) is 105 cm³/mol. The summed E-state index contributed by atoms with van der Waals surface area (Å²) in [5, 5.41) is 2.92. The van der Waals surface area contributed by atoms with Crippen LogP contribution in [0.2, 0.25) is 0 Å². The minimum atomic E-state index is -0.221. The van der Waals surface area contributed by atoms with Crippen LogP contribution in [0.5, 0.6) is 11.5 Å². The van der Waals surface area contributed by atoms with Crippen molar-refractivity contribution in [3.8, 4) is 11.5 Å². The lowest BCUT2D eigenvalue weighted by Gasteiger charge is -2.25. The molecule has 0 saturated carbocycles. The summed E-state index contributed by atoms with van der Waals surface area (Å²) >= 11 is 0. The number of carbonyl (C=O) groups is 2. The van der Waals surface area contributed by atoms with E-state index in [0.717, 1.165) is 19.4 Å². The van der Waals surface area contributed by atoms with Crippen LogP contribution >= 0.6 is 0 Å². The molecular formula is C21H25N3O3. The second-order valence-corrected chi connectivity index (χ2v) is 6.82. The van der Waals surface area contributed by atoms with Crippen molar-refractivity contribution in [2.75, 3.05) is 32.5 Å². The molecule has 1 saturated heterocycles. The summed E-state index contributed by atoms with van der Waals surface area (Å²) in [5.41, 5.74) is 0.612. The zero-order valence-electron chi connectivity index (χ0n) is 15.7. The molecule has 0 unspecified atom stereocenters. The molecule has 1 fully saturated rings. The van der Waals surface area contributed by atoms with Crippen molar-refractivity contribution in [1.82, 2.24) is 9.80 Å². The van der Waals surface area contributed by atoms with Crippen molar-refractivity contribution < 1.29 is 14.3 Å². The van der Waals surface area contributed by atoms with Gasteiger partial charge in [-0.3, -0.25) is 14.5 Å². The lowest BCUT2D eigenvalue weighted by Crippen LogP contribution is -2.45. The van der Waals surface area contributed by atoms with E-state index >= 15 is 0 Å². The van der Waals surface area contributed by atoms with Gasteiger partial charge in [0, 0.05) is 14.1 Å². The summed E-state index contributed by atoms with van der Waals surface area (Å²) in [4.78, 5) is 28.4. The summed E-state index contributed by atoms with van der Waals surface area (Å²) < 4.78 is 5.88. The van der Waals surface area contributed by atoms with Gasteiger partial charge >= 0.3 is 0 Å². The number of rotatable bonds is 6. The van der Waals surface area contributed by atoms with Crippen LogP contribution in [0.4, 0.5) is 5.69 Å². The molecule has 2 aromatic carbocycles. The number of amides is 2. The summed E-state index contributed by atoms with van der Waals surface area (Å²) in [6.45, 7) is 0.934. The largest absolute Gasteiger partial charge is 0.455 e. The maximum atomic E-state index is 12.6.